The van der Waals surface area contributed by atoms with Crippen LogP contribution >= 0.6 is 0 Å². The molecule has 2 aromatic carbocycles. The number of nitrogens with two attached hydrogens (primary N) is 1. The van der Waals surface area contributed by atoms with E-state index in [4.69, 9.17) is 5.14 Å². The Balaban J connectivity index is 2.09. The quantitative estimate of drug-likeness (QED) is 0.835. The molecule has 132 valence electrons. The Morgan fingerprint density at radius 1 is 1.08 bits per heavy atom. The van der Waals surface area contributed by atoms with Gasteiger partial charge in [0.15, 0.2) is 0 Å². The zero-order valence-corrected chi connectivity index (χ0v) is 15.3. The van der Waals surface area contributed by atoms with Crippen molar-refractivity contribution < 1.29 is 13.2 Å². The van der Waals surface area contributed by atoms with Crippen LogP contribution in [-0.4, -0.2) is 26.3 Å². The lowest BCUT2D eigenvalue weighted by atomic mass is 10.1. The molecule has 25 heavy (non-hydrogen) atoms. The zero-order chi connectivity index (χ0) is 18.6. The molecule has 2 aromatic rings. The van der Waals surface area contributed by atoms with Gasteiger partial charge in [-0.3, -0.25) is 4.79 Å². The summed E-state index contributed by atoms with van der Waals surface area (Å²) in [5, 5.41) is 5.09. The lowest BCUT2D eigenvalue weighted by Crippen LogP contribution is -2.28. The molecule has 5 nitrogen and oxygen atoms in total. The molecule has 0 saturated carbocycles. The summed E-state index contributed by atoms with van der Waals surface area (Å²) in [5.41, 5.74) is 2.95. The number of benzene rings is 2. The van der Waals surface area contributed by atoms with Crippen LogP contribution < -0.4 is 5.14 Å². The fraction of sp³-hybridized carbons (Fsp3) is 0.211. The summed E-state index contributed by atoms with van der Waals surface area (Å²) in [4.78, 5) is 14.0. The number of carbonyl (C=O) groups excluding carboxylic acids is 1. The predicted molar refractivity (Wildman–Crippen MR) is 99.2 cm³/mol. The number of aryl methyl sites for hydroxylation is 1. The minimum Gasteiger partial charge on any atom is -0.335 e. The first-order valence-electron chi connectivity index (χ1n) is 7.83. The van der Waals surface area contributed by atoms with Gasteiger partial charge in [0.05, 0.1) is 10.9 Å². The van der Waals surface area contributed by atoms with Crippen molar-refractivity contribution in [3.63, 3.8) is 0 Å². The second kappa shape index (κ2) is 7.63. The van der Waals surface area contributed by atoms with E-state index in [9.17, 15) is 13.2 Å². The summed E-state index contributed by atoms with van der Waals surface area (Å²) in [6.45, 7) is 3.89. The highest BCUT2D eigenvalue weighted by molar-refractivity contribution is 7.89. The van der Waals surface area contributed by atoms with E-state index in [1.165, 1.54) is 18.2 Å². The third kappa shape index (κ3) is 5.01. The number of likely N-dealkylation sites (N-methyl/N-ethyl adjacent to an activating group) is 1. The average molecular weight is 358 g/mol. The standard InChI is InChI=1S/C19H22N2O3S/c1-14-4-6-16(7-5-14)8-13-19(22)21(3)15(2)17-9-11-18(12-10-17)25(20,23)24/h4-13,15H,1-3H3,(H2,20,23,24)/b13-8+. The van der Waals surface area contributed by atoms with Crippen molar-refractivity contribution in [1.29, 1.82) is 0 Å². The van der Waals surface area contributed by atoms with Gasteiger partial charge >= 0.3 is 0 Å². The molecular weight excluding hydrogens is 336 g/mol. The molecule has 0 aliphatic carbocycles. The van der Waals surface area contributed by atoms with Gasteiger partial charge in [-0.2, -0.15) is 0 Å². The molecule has 0 fully saturated rings. The first-order valence-corrected chi connectivity index (χ1v) is 9.37. The predicted octanol–water partition coefficient (Wildman–Crippen LogP) is 2.88. The maximum atomic E-state index is 12.3. The summed E-state index contributed by atoms with van der Waals surface area (Å²) >= 11 is 0. The van der Waals surface area contributed by atoms with Crippen molar-refractivity contribution >= 4 is 22.0 Å². The highest BCUT2D eigenvalue weighted by Crippen LogP contribution is 2.21. The number of carbonyl (C=O) groups is 1. The molecule has 0 saturated heterocycles. The molecule has 0 aromatic heterocycles. The van der Waals surface area contributed by atoms with E-state index < -0.39 is 10.0 Å². The SMILES string of the molecule is Cc1ccc(/C=C/C(=O)N(C)C(C)c2ccc(S(N)(=O)=O)cc2)cc1. The van der Waals surface area contributed by atoms with E-state index in [0.717, 1.165) is 16.7 Å². The molecule has 0 bridgehead atoms. The van der Waals surface area contributed by atoms with Gasteiger partial charge in [-0.05, 0) is 43.2 Å². The molecule has 0 radical (unpaired) electrons. The fourth-order valence-electron chi connectivity index (χ4n) is 2.31. The van der Waals surface area contributed by atoms with Crippen molar-refractivity contribution in [2.75, 3.05) is 7.05 Å². The number of rotatable bonds is 5. The summed E-state index contributed by atoms with van der Waals surface area (Å²) in [7, 11) is -2.01. The Hall–Kier alpha value is -2.44. The number of amides is 1. The molecule has 1 atom stereocenters. The van der Waals surface area contributed by atoms with Gasteiger partial charge in [0.1, 0.15) is 0 Å². The van der Waals surface area contributed by atoms with Crippen LogP contribution in [0.1, 0.15) is 29.7 Å². The molecule has 0 aliphatic heterocycles. The molecule has 2 rings (SSSR count). The molecule has 0 aliphatic rings. The van der Waals surface area contributed by atoms with Crippen LogP contribution in [0.3, 0.4) is 0 Å². The van der Waals surface area contributed by atoms with Crippen LogP contribution in [0.25, 0.3) is 6.08 Å². The third-order valence-electron chi connectivity index (χ3n) is 4.12. The van der Waals surface area contributed by atoms with E-state index >= 15 is 0 Å². The van der Waals surface area contributed by atoms with E-state index in [2.05, 4.69) is 0 Å². The van der Waals surface area contributed by atoms with Crippen LogP contribution in [-0.2, 0) is 14.8 Å². The van der Waals surface area contributed by atoms with Crippen molar-refractivity contribution in [2.45, 2.75) is 24.8 Å². The maximum Gasteiger partial charge on any atom is 0.246 e. The zero-order valence-electron chi connectivity index (χ0n) is 14.5. The molecule has 1 amide bonds. The van der Waals surface area contributed by atoms with Crippen molar-refractivity contribution in [1.82, 2.24) is 4.90 Å². The largest absolute Gasteiger partial charge is 0.335 e. The van der Waals surface area contributed by atoms with Crippen LogP contribution in [0.4, 0.5) is 0 Å². The van der Waals surface area contributed by atoms with Crippen LogP contribution in [0.15, 0.2) is 59.5 Å². The van der Waals surface area contributed by atoms with E-state index in [-0.39, 0.29) is 16.8 Å². The Kier molecular flexibility index (Phi) is 5.77. The minimum atomic E-state index is -3.72. The number of hydrogen-bond donors (Lipinski definition) is 1. The van der Waals surface area contributed by atoms with E-state index in [1.54, 1.807) is 30.2 Å². The normalized spacial score (nSPS) is 13.0. The summed E-state index contributed by atoms with van der Waals surface area (Å²) in [5.74, 6) is -0.136. The lowest BCUT2D eigenvalue weighted by molar-refractivity contribution is -0.126. The Bertz CT molecular complexity index is 870. The van der Waals surface area contributed by atoms with Gasteiger partial charge in [-0.15, -0.1) is 0 Å². The summed E-state index contributed by atoms with van der Waals surface area (Å²) in [6.07, 6.45) is 3.30. The van der Waals surface area contributed by atoms with Gasteiger partial charge in [-0.1, -0.05) is 42.0 Å². The lowest BCUT2D eigenvalue weighted by Gasteiger charge is -2.24. The highest BCUT2D eigenvalue weighted by Gasteiger charge is 2.16. The number of hydrogen-bond acceptors (Lipinski definition) is 3. The van der Waals surface area contributed by atoms with Gasteiger partial charge in [0, 0.05) is 13.1 Å². The maximum absolute atomic E-state index is 12.3. The monoisotopic (exact) mass is 358 g/mol. The van der Waals surface area contributed by atoms with Gasteiger partial charge < -0.3 is 4.90 Å². The number of primary sulfonamides is 1. The second-order valence-corrected chi connectivity index (χ2v) is 7.54. The fourth-order valence-corrected chi connectivity index (χ4v) is 2.83. The van der Waals surface area contributed by atoms with Crippen molar-refractivity contribution in [3.05, 3.63) is 71.3 Å². The van der Waals surface area contributed by atoms with Crippen LogP contribution in [0, 0.1) is 6.92 Å². The topological polar surface area (TPSA) is 80.5 Å². The average Bonchev–Trinajstić information content (AvgIpc) is 2.59. The highest BCUT2D eigenvalue weighted by atomic mass is 32.2. The third-order valence-corrected chi connectivity index (χ3v) is 5.04. The van der Waals surface area contributed by atoms with E-state index in [1.807, 2.05) is 38.1 Å². The first kappa shape index (κ1) is 18.9. The van der Waals surface area contributed by atoms with E-state index in [0.29, 0.717) is 0 Å². The Labute approximate surface area is 148 Å². The van der Waals surface area contributed by atoms with Crippen LogP contribution in [0.5, 0.6) is 0 Å². The van der Waals surface area contributed by atoms with Gasteiger partial charge in [0.2, 0.25) is 15.9 Å². The van der Waals surface area contributed by atoms with Crippen molar-refractivity contribution in [2.24, 2.45) is 5.14 Å². The second-order valence-electron chi connectivity index (χ2n) is 5.98. The van der Waals surface area contributed by atoms with Crippen LogP contribution in [0.2, 0.25) is 0 Å². The summed E-state index contributed by atoms with van der Waals surface area (Å²) < 4.78 is 22.6. The smallest absolute Gasteiger partial charge is 0.246 e. The summed E-state index contributed by atoms with van der Waals surface area (Å²) in [6, 6.07) is 13.9. The van der Waals surface area contributed by atoms with Crippen molar-refractivity contribution in [3.8, 4) is 0 Å². The van der Waals surface area contributed by atoms with Gasteiger partial charge in [-0.25, -0.2) is 13.6 Å². The minimum absolute atomic E-state index is 0.0525. The molecule has 1 unspecified atom stereocenters. The Morgan fingerprint density at radius 2 is 1.64 bits per heavy atom. The molecule has 2 N–H and O–H groups in total. The Morgan fingerprint density at radius 3 is 2.16 bits per heavy atom. The molecular formula is C19H22N2O3S. The van der Waals surface area contributed by atoms with Gasteiger partial charge in [0.25, 0.3) is 0 Å². The first-order chi connectivity index (χ1) is 11.7. The number of sulfonamides is 1. The number of nitrogens with zero attached hydrogens (tertiary/aromatic N) is 1. The molecule has 0 spiro atoms. The molecule has 6 heteroatoms. The molecule has 0 heterocycles.